The summed E-state index contributed by atoms with van der Waals surface area (Å²) in [7, 11) is 1.92. The van der Waals surface area contributed by atoms with Crippen molar-refractivity contribution in [3.8, 4) is 11.9 Å². The second kappa shape index (κ2) is 7.20. The topological polar surface area (TPSA) is 79.9 Å². The number of ether oxygens (including phenoxy) is 1. The number of likely N-dealkylation sites (tertiary alicyclic amines) is 1. The summed E-state index contributed by atoms with van der Waals surface area (Å²) < 4.78 is 7.59. The maximum atomic E-state index is 8.91. The summed E-state index contributed by atoms with van der Waals surface area (Å²) in [6.45, 7) is 3.49. The molecule has 1 aliphatic rings. The van der Waals surface area contributed by atoms with Crippen LogP contribution < -0.4 is 4.74 Å². The molecular weight excluding hydrogens is 292 g/mol. The largest absolute Gasteiger partial charge is 0.477 e. The molecule has 0 aromatic carbocycles. The Morgan fingerprint density at radius 3 is 3.13 bits per heavy atom. The molecule has 23 heavy (non-hydrogen) atoms. The van der Waals surface area contributed by atoms with Gasteiger partial charge in [-0.3, -0.25) is 9.58 Å². The van der Waals surface area contributed by atoms with Gasteiger partial charge in [-0.25, -0.2) is 9.97 Å². The van der Waals surface area contributed by atoms with E-state index in [0.29, 0.717) is 24.0 Å². The highest BCUT2D eigenvalue weighted by Crippen LogP contribution is 2.19. The first-order valence-corrected chi connectivity index (χ1v) is 7.79. The van der Waals surface area contributed by atoms with Crippen molar-refractivity contribution in [3.63, 3.8) is 0 Å². The van der Waals surface area contributed by atoms with Crippen molar-refractivity contribution >= 4 is 0 Å². The third kappa shape index (κ3) is 4.05. The molecular formula is C16H20N6O. The van der Waals surface area contributed by atoms with E-state index in [9.17, 15) is 0 Å². The lowest BCUT2D eigenvalue weighted by Gasteiger charge is -2.32. The molecule has 7 nitrogen and oxygen atoms in total. The zero-order valence-electron chi connectivity index (χ0n) is 13.2. The van der Waals surface area contributed by atoms with Crippen LogP contribution in [0.4, 0.5) is 0 Å². The van der Waals surface area contributed by atoms with Crippen molar-refractivity contribution in [3.05, 3.63) is 36.0 Å². The quantitative estimate of drug-likeness (QED) is 0.829. The summed E-state index contributed by atoms with van der Waals surface area (Å²) in [5.74, 6) is 1.97. The fourth-order valence-electron chi connectivity index (χ4n) is 2.86. The summed E-state index contributed by atoms with van der Waals surface area (Å²) in [6.07, 6.45) is 5.49. The van der Waals surface area contributed by atoms with Gasteiger partial charge in [0.2, 0.25) is 5.88 Å². The first kappa shape index (κ1) is 15.4. The van der Waals surface area contributed by atoms with Crippen molar-refractivity contribution < 1.29 is 4.74 Å². The minimum absolute atomic E-state index is 0.463. The van der Waals surface area contributed by atoms with E-state index in [1.807, 2.05) is 11.7 Å². The molecule has 1 unspecified atom stereocenters. The van der Waals surface area contributed by atoms with Crippen molar-refractivity contribution in [1.82, 2.24) is 24.6 Å². The van der Waals surface area contributed by atoms with Gasteiger partial charge in [0.05, 0.1) is 24.8 Å². The minimum Gasteiger partial charge on any atom is -0.477 e. The average molecular weight is 312 g/mol. The summed E-state index contributed by atoms with van der Waals surface area (Å²) in [5.41, 5.74) is 0.572. The smallest absolute Gasteiger partial charge is 0.214 e. The molecule has 0 radical (unpaired) electrons. The summed E-state index contributed by atoms with van der Waals surface area (Å²) >= 11 is 0. The van der Waals surface area contributed by atoms with E-state index >= 15 is 0 Å². The van der Waals surface area contributed by atoms with Gasteiger partial charge in [-0.15, -0.1) is 0 Å². The molecule has 120 valence electrons. The molecule has 1 aliphatic heterocycles. The molecule has 0 spiro atoms. The van der Waals surface area contributed by atoms with Crippen LogP contribution in [0.1, 0.15) is 24.2 Å². The van der Waals surface area contributed by atoms with Crippen molar-refractivity contribution in [1.29, 1.82) is 5.26 Å². The van der Waals surface area contributed by atoms with Crippen LogP contribution in [-0.2, 0) is 13.6 Å². The molecule has 0 aliphatic carbocycles. The molecule has 2 aromatic heterocycles. The third-order valence-corrected chi connectivity index (χ3v) is 4.10. The van der Waals surface area contributed by atoms with E-state index in [0.717, 1.165) is 38.3 Å². The van der Waals surface area contributed by atoms with Crippen LogP contribution in [0, 0.1) is 17.2 Å². The van der Waals surface area contributed by atoms with Crippen LogP contribution in [0.3, 0.4) is 0 Å². The van der Waals surface area contributed by atoms with Crippen LogP contribution >= 0.6 is 0 Å². The Kier molecular flexibility index (Phi) is 4.83. The van der Waals surface area contributed by atoms with Gasteiger partial charge in [-0.2, -0.15) is 10.4 Å². The average Bonchev–Trinajstić information content (AvgIpc) is 2.98. The molecule has 1 saturated heterocycles. The van der Waals surface area contributed by atoms with Gasteiger partial charge in [-0.05, 0) is 25.5 Å². The first-order valence-electron chi connectivity index (χ1n) is 7.79. The van der Waals surface area contributed by atoms with Gasteiger partial charge < -0.3 is 4.74 Å². The number of pyridine rings is 1. The number of aromatic nitrogens is 4. The molecule has 0 saturated carbocycles. The standard InChI is InChI=1S/C16H20N6O/c1-21-15(19-12-20-21)10-22-6-2-3-14(9-22)11-23-16-7-13(8-17)4-5-18-16/h4-5,7,12,14H,2-3,6,9-11H2,1H3. The second-order valence-corrected chi connectivity index (χ2v) is 5.85. The number of hydrogen-bond acceptors (Lipinski definition) is 6. The highest BCUT2D eigenvalue weighted by Gasteiger charge is 2.21. The van der Waals surface area contributed by atoms with Crippen LogP contribution in [0.25, 0.3) is 0 Å². The van der Waals surface area contributed by atoms with Gasteiger partial charge in [-0.1, -0.05) is 0 Å². The predicted octanol–water partition coefficient (Wildman–Crippen LogP) is 1.37. The molecule has 3 rings (SSSR count). The fourth-order valence-corrected chi connectivity index (χ4v) is 2.86. The zero-order valence-corrected chi connectivity index (χ0v) is 13.2. The fraction of sp³-hybridized carbons (Fsp3) is 0.500. The number of aryl methyl sites for hydroxylation is 1. The summed E-state index contributed by atoms with van der Waals surface area (Å²) in [4.78, 5) is 10.8. The van der Waals surface area contributed by atoms with Crippen LogP contribution in [0.15, 0.2) is 24.7 Å². The van der Waals surface area contributed by atoms with Crippen molar-refractivity contribution in [2.75, 3.05) is 19.7 Å². The lowest BCUT2D eigenvalue weighted by Crippen LogP contribution is -2.37. The van der Waals surface area contributed by atoms with Gasteiger partial charge >= 0.3 is 0 Å². The SMILES string of the molecule is Cn1ncnc1CN1CCCC(COc2cc(C#N)ccn2)C1. The number of piperidine rings is 1. The molecule has 7 heteroatoms. The third-order valence-electron chi connectivity index (χ3n) is 4.10. The van der Waals surface area contributed by atoms with E-state index in [1.165, 1.54) is 0 Å². The monoisotopic (exact) mass is 312 g/mol. The van der Waals surface area contributed by atoms with Crippen molar-refractivity contribution in [2.24, 2.45) is 13.0 Å². The first-order chi connectivity index (χ1) is 11.2. The summed E-state index contributed by atoms with van der Waals surface area (Å²) in [5, 5.41) is 13.0. The second-order valence-electron chi connectivity index (χ2n) is 5.85. The molecule has 2 aromatic rings. The molecule has 3 heterocycles. The van der Waals surface area contributed by atoms with E-state index in [-0.39, 0.29) is 0 Å². The van der Waals surface area contributed by atoms with Crippen LogP contribution in [0.2, 0.25) is 0 Å². The lowest BCUT2D eigenvalue weighted by molar-refractivity contribution is 0.120. The number of rotatable bonds is 5. The highest BCUT2D eigenvalue weighted by molar-refractivity contribution is 5.31. The zero-order chi connectivity index (χ0) is 16.1. The number of nitrogens with zero attached hydrogens (tertiary/aromatic N) is 6. The van der Waals surface area contributed by atoms with Gasteiger partial charge in [0.15, 0.2) is 0 Å². The van der Waals surface area contributed by atoms with E-state index in [4.69, 9.17) is 10.00 Å². The van der Waals surface area contributed by atoms with Gasteiger partial charge in [0, 0.05) is 31.8 Å². The Morgan fingerprint density at radius 1 is 1.43 bits per heavy atom. The molecule has 0 amide bonds. The van der Waals surface area contributed by atoms with Gasteiger partial charge in [0.25, 0.3) is 0 Å². The Balaban J connectivity index is 1.52. The predicted molar refractivity (Wildman–Crippen MR) is 83.5 cm³/mol. The van der Waals surface area contributed by atoms with E-state index < -0.39 is 0 Å². The van der Waals surface area contributed by atoms with Crippen LogP contribution in [0.5, 0.6) is 5.88 Å². The molecule has 1 fully saturated rings. The van der Waals surface area contributed by atoms with E-state index in [2.05, 4.69) is 26.0 Å². The molecule has 1 atom stereocenters. The highest BCUT2D eigenvalue weighted by atomic mass is 16.5. The van der Waals surface area contributed by atoms with Gasteiger partial charge in [0.1, 0.15) is 12.2 Å². The van der Waals surface area contributed by atoms with Crippen LogP contribution in [-0.4, -0.2) is 44.3 Å². The Morgan fingerprint density at radius 2 is 2.35 bits per heavy atom. The number of hydrogen-bond donors (Lipinski definition) is 0. The minimum atomic E-state index is 0.463. The Bertz CT molecular complexity index is 692. The van der Waals surface area contributed by atoms with E-state index in [1.54, 1.807) is 24.7 Å². The normalized spacial score (nSPS) is 18.5. The molecule has 0 bridgehead atoms. The Hall–Kier alpha value is -2.46. The maximum absolute atomic E-state index is 8.91. The number of nitriles is 1. The molecule has 0 N–H and O–H groups in total. The lowest BCUT2D eigenvalue weighted by atomic mass is 9.99. The maximum Gasteiger partial charge on any atom is 0.214 e. The summed E-state index contributed by atoms with van der Waals surface area (Å²) in [6, 6.07) is 5.46. The van der Waals surface area contributed by atoms with Crippen molar-refractivity contribution in [2.45, 2.75) is 19.4 Å². The Labute approximate surface area is 135 Å².